The Bertz CT molecular complexity index is 558. The van der Waals surface area contributed by atoms with Gasteiger partial charge in [-0.25, -0.2) is 9.37 Å². The third-order valence-electron chi connectivity index (χ3n) is 3.29. The molecule has 0 saturated carbocycles. The number of benzene rings is 1. The van der Waals surface area contributed by atoms with Crippen LogP contribution in [0.25, 0.3) is 0 Å². The van der Waals surface area contributed by atoms with Gasteiger partial charge in [-0.15, -0.1) is 22.9 Å². The number of alkyl halides is 1. The maximum atomic E-state index is 13.7. The van der Waals surface area contributed by atoms with E-state index in [-0.39, 0.29) is 11.9 Å². The summed E-state index contributed by atoms with van der Waals surface area (Å²) in [5.41, 5.74) is 1.62. The zero-order chi connectivity index (χ0) is 14.5. The minimum absolute atomic E-state index is 0.158. The molecule has 1 atom stereocenters. The lowest BCUT2D eigenvalue weighted by molar-refractivity contribution is 0.227. The summed E-state index contributed by atoms with van der Waals surface area (Å²) >= 11 is 7.42. The zero-order valence-electron chi connectivity index (χ0n) is 11.6. The molecule has 1 aromatic heterocycles. The van der Waals surface area contributed by atoms with E-state index in [0.29, 0.717) is 18.0 Å². The average Bonchev–Trinajstić information content (AvgIpc) is 2.91. The van der Waals surface area contributed by atoms with Gasteiger partial charge in [0.25, 0.3) is 0 Å². The Kier molecular flexibility index (Phi) is 5.52. The summed E-state index contributed by atoms with van der Waals surface area (Å²) in [7, 11) is 2.00. The first-order valence-electron chi connectivity index (χ1n) is 6.59. The molecule has 1 aromatic carbocycles. The van der Waals surface area contributed by atoms with Crippen LogP contribution < -0.4 is 0 Å². The molecule has 0 bridgehead atoms. The molecule has 0 aliphatic rings. The third kappa shape index (κ3) is 3.57. The van der Waals surface area contributed by atoms with Crippen molar-refractivity contribution in [1.82, 2.24) is 9.88 Å². The number of thiazole rings is 1. The molecule has 0 fully saturated rings. The van der Waals surface area contributed by atoms with E-state index in [2.05, 4.69) is 16.8 Å². The van der Waals surface area contributed by atoms with E-state index in [1.165, 1.54) is 6.07 Å². The van der Waals surface area contributed by atoms with Crippen molar-refractivity contribution in [1.29, 1.82) is 0 Å². The molecule has 1 unspecified atom stereocenters. The standard InChI is InChI=1S/C15H18ClFN2S/c1-3-14(15-18-12(8-16)10-20-15)19(2)9-11-6-4-5-7-13(11)17/h4-7,10,14H,3,8-9H2,1-2H3. The second kappa shape index (κ2) is 7.16. The molecule has 0 aliphatic carbocycles. The average molecular weight is 313 g/mol. The number of rotatable bonds is 6. The summed E-state index contributed by atoms with van der Waals surface area (Å²) in [6, 6.07) is 7.09. The summed E-state index contributed by atoms with van der Waals surface area (Å²) in [6.07, 6.45) is 0.931. The molecule has 108 valence electrons. The molecule has 0 saturated heterocycles. The Labute approximate surface area is 128 Å². The van der Waals surface area contributed by atoms with Gasteiger partial charge in [-0.3, -0.25) is 4.90 Å². The molecule has 2 rings (SSSR count). The zero-order valence-corrected chi connectivity index (χ0v) is 13.2. The van der Waals surface area contributed by atoms with Gasteiger partial charge >= 0.3 is 0 Å². The molecule has 2 nitrogen and oxygen atoms in total. The minimum atomic E-state index is -0.158. The fourth-order valence-corrected chi connectivity index (χ4v) is 3.51. The lowest BCUT2D eigenvalue weighted by Gasteiger charge is -2.25. The highest BCUT2D eigenvalue weighted by molar-refractivity contribution is 7.09. The van der Waals surface area contributed by atoms with Gasteiger partial charge in [0.15, 0.2) is 0 Å². The first kappa shape index (κ1) is 15.4. The number of halogens is 2. The molecule has 0 aliphatic heterocycles. The van der Waals surface area contributed by atoms with Crippen LogP contribution in [0.2, 0.25) is 0 Å². The molecular formula is C15H18ClFN2S. The van der Waals surface area contributed by atoms with Crippen LogP contribution in [0.3, 0.4) is 0 Å². The van der Waals surface area contributed by atoms with Gasteiger partial charge in [0.2, 0.25) is 0 Å². The summed E-state index contributed by atoms with van der Waals surface area (Å²) in [6.45, 7) is 2.69. The summed E-state index contributed by atoms with van der Waals surface area (Å²) in [5.74, 6) is 0.277. The van der Waals surface area contributed by atoms with E-state index in [1.54, 1.807) is 17.4 Å². The molecule has 5 heteroatoms. The van der Waals surface area contributed by atoms with E-state index in [4.69, 9.17) is 11.6 Å². The van der Waals surface area contributed by atoms with Crippen LogP contribution in [0.4, 0.5) is 4.39 Å². The van der Waals surface area contributed by atoms with Crippen LogP contribution in [0.1, 0.15) is 35.7 Å². The quantitative estimate of drug-likeness (QED) is 0.724. The molecule has 0 N–H and O–H groups in total. The van der Waals surface area contributed by atoms with Crippen molar-refractivity contribution < 1.29 is 4.39 Å². The van der Waals surface area contributed by atoms with Gasteiger partial charge in [-0.05, 0) is 19.5 Å². The van der Waals surface area contributed by atoms with Gasteiger partial charge in [0, 0.05) is 17.5 Å². The van der Waals surface area contributed by atoms with E-state index in [9.17, 15) is 4.39 Å². The van der Waals surface area contributed by atoms with Crippen molar-refractivity contribution in [3.63, 3.8) is 0 Å². The second-order valence-corrected chi connectivity index (χ2v) is 5.90. The van der Waals surface area contributed by atoms with Crippen LogP contribution >= 0.6 is 22.9 Å². The van der Waals surface area contributed by atoms with Crippen molar-refractivity contribution in [2.45, 2.75) is 31.8 Å². The lowest BCUT2D eigenvalue weighted by atomic mass is 10.1. The second-order valence-electron chi connectivity index (χ2n) is 4.74. The Morgan fingerprint density at radius 2 is 2.15 bits per heavy atom. The van der Waals surface area contributed by atoms with Gasteiger partial charge in [0.05, 0.1) is 17.6 Å². The molecule has 0 spiro atoms. The van der Waals surface area contributed by atoms with Crippen molar-refractivity contribution in [3.05, 3.63) is 51.7 Å². The maximum Gasteiger partial charge on any atom is 0.127 e. The fourth-order valence-electron chi connectivity index (χ4n) is 2.22. The Balaban J connectivity index is 2.13. The minimum Gasteiger partial charge on any atom is -0.293 e. The van der Waals surface area contributed by atoms with Gasteiger partial charge < -0.3 is 0 Å². The molecule has 0 radical (unpaired) electrons. The fraction of sp³-hybridized carbons (Fsp3) is 0.400. The van der Waals surface area contributed by atoms with Crippen molar-refractivity contribution in [3.8, 4) is 0 Å². The van der Waals surface area contributed by atoms with E-state index in [0.717, 1.165) is 17.1 Å². The van der Waals surface area contributed by atoms with Gasteiger partial charge in [-0.2, -0.15) is 0 Å². The molecule has 2 aromatic rings. The summed E-state index contributed by atoms with van der Waals surface area (Å²) in [4.78, 5) is 6.67. The largest absolute Gasteiger partial charge is 0.293 e. The highest BCUT2D eigenvalue weighted by Gasteiger charge is 2.19. The molecule has 20 heavy (non-hydrogen) atoms. The Morgan fingerprint density at radius 3 is 2.75 bits per heavy atom. The van der Waals surface area contributed by atoms with E-state index < -0.39 is 0 Å². The van der Waals surface area contributed by atoms with Crippen LogP contribution in [-0.2, 0) is 12.4 Å². The molecular weight excluding hydrogens is 295 g/mol. The summed E-state index contributed by atoms with van der Waals surface area (Å²) < 4.78 is 13.7. The first-order chi connectivity index (χ1) is 9.65. The number of aromatic nitrogens is 1. The van der Waals surface area contributed by atoms with E-state index >= 15 is 0 Å². The maximum absolute atomic E-state index is 13.7. The van der Waals surface area contributed by atoms with Crippen LogP contribution in [0, 0.1) is 5.82 Å². The SMILES string of the molecule is CCC(c1nc(CCl)cs1)N(C)Cc1ccccc1F. The van der Waals surface area contributed by atoms with Crippen molar-refractivity contribution in [2.24, 2.45) is 0 Å². The van der Waals surface area contributed by atoms with Crippen LogP contribution in [0.15, 0.2) is 29.6 Å². The lowest BCUT2D eigenvalue weighted by Crippen LogP contribution is -2.24. The predicted octanol–water partition coefficient (Wildman–Crippen LogP) is 4.60. The number of hydrogen-bond acceptors (Lipinski definition) is 3. The third-order valence-corrected chi connectivity index (χ3v) is 4.56. The Hall–Kier alpha value is -0.970. The summed E-state index contributed by atoms with van der Waals surface area (Å²) in [5, 5.41) is 3.03. The van der Waals surface area contributed by atoms with Crippen molar-refractivity contribution >= 4 is 22.9 Å². The number of nitrogens with zero attached hydrogens (tertiary/aromatic N) is 2. The van der Waals surface area contributed by atoms with Crippen LogP contribution in [0.5, 0.6) is 0 Å². The van der Waals surface area contributed by atoms with Crippen molar-refractivity contribution in [2.75, 3.05) is 7.05 Å². The highest BCUT2D eigenvalue weighted by Crippen LogP contribution is 2.28. The monoisotopic (exact) mass is 312 g/mol. The topological polar surface area (TPSA) is 16.1 Å². The first-order valence-corrected chi connectivity index (χ1v) is 8.01. The highest BCUT2D eigenvalue weighted by atomic mass is 35.5. The van der Waals surface area contributed by atoms with Gasteiger partial charge in [0.1, 0.15) is 10.8 Å². The smallest absolute Gasteiger partial charge is 0.127 e. The molecule has 0 amide bonds. The predicted molar refractivity (Wildman–Crippen MR) is 82.6 cm³/mol. The normalized spacial score (nSPS) is 12.8. The number of hydrogen-bond donors (Lipinski definition) is 0. The van der Waals surface area contributed by atoms with Crippen LogP contribution in [-0.4, -0.2) is 16.9 Å². The molecule has 1 heterocycles. The van der Waals surface area contributed by atoms with Gasteiger partial charge in [-0.1, -0.05) is 25.1 Å². The van der Waals surface area contributed by atoms with E-state index in [1.807, 2.05) is 24.6 Å². The Morgan fingerprint density at radius 1 is 1.40 bits per heavy atom.